The summed E-state index contributed by atoms with van der Waals surface area (Å²) in [5.41, 5.74) is -0.0408. The zero-order valence-corrected chi connectivity index (χ0v) is 9.64. The van der Waals surface area contributed by atoms with E-state index in [1.807, 2.05) is 0 Å². The summed E-state index contributed by atoms with van der Waals surface area (Å²) in [6, 6.07) is 4.26. The summed E-state index contributed by atoms with van der Waals surface area (Å²) in [4.78, 5) is 10.7. The van der Waals surface area contributed by atoms with Gasteiger partial charge in [-0.3, -0.25) is 0 Å². The van der Waals surface area contributed by atoms with Gasteiger partial charge in [0.25, 0.3) is 0 Å². The van der Waals surface area contributed by atoms with Crippen molar-refractivity contribution < 1.29 is 21.8 Å². The van der Waals surface area contributed by atoms with Crippen LogP contribution in [-0.4, -0.2) is 33.4 Å². The Balaban J connectivity index is 3.17. The Bertz CT molecular complexity index is 439. The molecule has 4 N–H and O–H groups in total. The minimum absolute atomic E-state index is 0.0408. The van der Waals surface area contributed by atoms with E-state index in [9.17, 15) is 13.6 Å². The average molecular weight is 274 g/mol. The third kappa shape index (κ3) is 3.12. The zero-order valence-electron chi connectivity index (χ0n) is 7.76. The third-order valence-corrected chi connectivity index (χ3v) is 3.40. The van der Waals surface area contributed by atoms with Gasteiger partial charge in [0.1, 0.15) is 0 Å². The van der Waals surface area contributed by atoms with Crippen LogP contribution in [0, 0.1) is 6.07 Å². The molecule has 0 spiro atoms. The summed E-state index contributed by atoms with van der Waals surface area (Å²) in [5.74, 6) is -0.738. The van der Waals surface area contributed by atoms with Gasteiger partial charge in [-0.2, -0.15) is 0 Å². The Morgan fingerprint density at radius 2 is 2.13 bits per heavy atom. The van der Waals surface area contributed by atoms with Gasteiger partial charge in [-0.15, -0.1) is 0 Å². The number of benzene rings is 1. The molecule has 0 unspecified atom stereocenters. The number of anilines is 1. The predicted octanol–water partition coefficient (Wildman–Crippen LogP) is -1.29. The number of aromatic hydroxyl groups is 1. The van der Waals surface area contributed by atoms with Gasteiger partial charge < -0.3 is 0 Å². The van der Waals surface area contributed by atoms with Crippen molar-refractivity contribution in [2.24, 2.45) is 0 Å². The van der Waals surface area contributed by atoms with Crippen LogP contribution in [0.1, 0.15) is 6.92 Å². The SMILES string of the molecule is CC(=O)Nc1cc([As](=O)(O)O)[c]cc1O. The molecule has 15 heavy (non-hydrogen) atoms. The second-order valence-corrected chi connectivity index (χ2v) is 6.14. The van der Waals surface area contributed by atoms with Crippen molar-refractivity contribution in [3.05, 3.63) is 18.2 Å². The van der Waals surface area contributed by atoms with Gasteiger partial charge in [-0.25, -0.2) is 0 Å². The van der Waals surface area contributed by atoms with E-state index in [0.717, 1.165) is 12.1 Å². The fraction of sp³-hybridized carbons (Fsp3) is 0.125. The molecule has 0 aliphatic rings. The molecule has 0 fully saturated rings. The Hall–Kier alpha value is -1.23. The van der Waals surface area contributed by atoms with E-state index in [-0.39, 0.29) is 15.8 Å². The number of hydrogen-bond acceptors (Lipinski definition) is 3. The number of carbonyl (C=O) groups is 1. The molecule has 0 saturated carbocycles. The molecule has 0 aliphatic heterocycles. The molecule has 0 heterocycles. The van der Waals surface area contributed by atoms with Crippen molar-refractivity contribution in [1.82, 2.24) is 0 Å². The number of amides is 1. The molecular weight excluding hydrogens is 265 g/mol. The number of hydrogen-bond donors (Lipinski definition) is 4. The predicted molar refractivity (Wildman–Crippen MR) is 51.8 cm³/mol. The minimum atomic E-state index is -5.04. The van der Waals surface area contributed by atoms with Gasteiger partial charge in [0.15, 0.2) is 0 Å². The van der Waals surface area contributed by atoms with Crippen molar-refractivity contribution in [3.63, 3.8) is 0 Å². The van der Waals surface area contributed by atoms with Gasteiger partial charge in [-0.1, -0.05) is 0 Å². The molecule has 1 amide bonds. The van der Waals surface area contributed by atoms with Crippen molar-refractivity contribution >= 4 is 30.1 Å². The van der Waals surface area contributed by atoms with E-state index >= 15 is 0 Å². The van der Waals surface area contributed by atoms with Gasteiger partial charge in [-0.05, 0) is 0 Å². The average Bonchev–Trinajstić information content (AvgIpc) is 2.06. The van der Waals surface area contributed by atoms with E-state index in [4.69, 9.17) is 8.19 Å². The molecule has 0 aromatic heterocycles. The molecule has 7 heteroatoms. The summed E-state index contributed by atoms with van der Waals surface area (Å²) < 4.78 is 28.4. The van der Waals surface area contributed by atoms with Crippen molar-refractivity contribution in [1.29, 1.82) is 0 Å². The molecule has 0 bridgehead atoms. The Kier molecular flexibility index (Phi) is 3.24. The standard InChI is InChI=1S/C8H9AsNO5/c1-5(11)10-7-4-6(9(13,14)15)2-3-8(7)12/h3-4,12H,1H3,(H,10,11)(H2,13,14,15). The monoisotopic (exact) mass is 274 g/mol. The normalized spacial score (nSPS) is 11.1. The molecule has 1 radical (unpaired) electrons. The first-order chi connectivity index (χ1) is 6.80. The second-order valence-electron chi connectivity index (χ2n) is 2.84. The van der Waals surface area contributed by atoms with E-state index < -0.39 is 20.1 Å². The molecule has 0 atom stereocenters. The molecule has 6 nitrogen and oxygen atoms in total. The first-order valence-corrected chi connectivity index (χ1v) is 7.27. The zero-order chi connectivity index (χ0) is 11.6. The second kappa shape index (κ2) is 4.10. The van der Waals surface area contributed by atoms with Crippen molar-refractivity contribution in [2.75, 3.05) is 5.32 Å². The number of nitrogens with one attached hydrogen (secondary N) is 1. The first kappa shape index (κ1) is 11.8. The maximum absolute atomic E-state index is 10.9. The van der Waals surface area contributed by atoms with Crippen LogP contribution < -0.4 is 9.67 Å². The first-order valence-electron chi connectivity index (χ1n) is 3.89. The number of phenolic OH excluding ortho intramolecular Hbond substituents is 1. The fourth-order valence-corrected chi connectivity index (χ4v) is 2.04. The maximum atomic E-state index is 10.9. The van der Waals surface area contributed by atoms with Crippen molar-refractivity contribution in [2.45, 2.75) is 6.92 Å². The van der Waals surface area contributed by atoms with E-state index in [0.29, 0.717) is 0 Å². The summed E-state index contributed by atoms with van der Waals surface area (Å²) in [6.07, 6.45) is 0. The summed E-state index contributed by atoms with van der Waals surface area (Å²) in [6.45, 7) is 1.22. The van der Waals surface area contributed by atoms with Crippen LogP contribution in [0.5, 0.6) is 5.75 Å². The van der Waals surface area contributed by atoms with Crippen LogP contribution in [0.15, 0.2) is 12.1 Å². The molecule has 0 saturated heterocycles. The molecule has 1 aromatic carbocycles. The summed E-state index contributed by atoms with van der Waals surface area (Å²) in [7, 11) is 0. The van der Waals surface area contributed by atoms with E-state index in [1.165, 1.54) is 6.92 Å². The van der Waals surface area contributed by atoms with E-state index in [2.05, 4.69) is 11.4 Å². The van der Waals surface area contributed by atoms with Gasteiger partial charge in [0.05, 0.1) is 0 Å². The Labute approximate surface area is 88.6 Å². The Morgan fingerprint density at radius 1 is 1.53 bits per heavy atom. The van der Waals surface area contributed by atoms with Crippen LogP contribution >= 0.6 is 0 Å². The molecule has 0 aliphatic carbocycles. The number of rotatable bonds is 2. The quantitative estimate of drug-likeness (QED) is 0.396. The molecule has 1 rings (SSSR count). The molecule has 81 valence electrons. The summed E-state index contributed by atoms with van der Waals surface area (Å²) >= 11 is -5.04. The van der Waals surface area contributed by atoms with Crippen LogP contribution in [0.4, 0.5) is 5.69 Å². The fourth-order valence-electron chi connectivity index (χ4n) is 0.930. The molecule has 1 aromatic rings. The van der Waals surface area contributed by atoms with Gasteiger partial charge in [0, 0.05) is 0 Å². The van der Waals surface area contributed by atoms with Crippen LogP contribution in [0.3, 0.4) is 0 Å². The van der Waals surface area contributed by atoms with Gasteiger partial charge in [0.2, 0.25) is 0 Å². The molecular formula is C8H9AsNO5. The number of carbonyl (C=O) groups excluding carboxylic acids is 1. The van der Waals surface area contributed by atoms with Crippen LogP contribution in [0.25, 0.3) is 0 Å². The van der Waals surface area contributed by atoms with Crippen LogP contribution in [0.2, 0.25) is 0 Å². The van der Waals surface area contributed by atoms with Gasteiger partial charge >= 0.3 is 88.1 Å². The summed E-state index contributed by atoms with van der Waals surface area (Å²) in [5, 5.41) is 11.5. The Morgan fingerprint density at radius 3 is 2.60 bits per heavy atom. The van der Waals surface area contributed by atoms with Crippen molar-refractivity contribution in [3.8, 4) is 5.75 Å². The third-order valence-electron chi connectivity index (χ3n) is 1.54. The van der Waals surface area contributed by atoms with Crippen LogP contribution in [-0.2, 0) is 8.53 Å². The van der Waals surface area contributed by atoms with E-state index in [1.54, 1.807) is 0 Å². The number of phenols is 1. The topological polar surface area (TPSA) is 107 Å².